The Morgan fingerprint density at radius 2 is 1.61 bits per heavy atom. The first-order valence-electron chi connectivity index (χ1n) is 7.23. The summed E-state index contributed by atoms with van der Waals surface area (Å²) >= 11 is 0. The third-order valence-electron chi connectivity index (χ3n) is 2.97. The Labute approximate surface area is 138 Å². The summed E-state index contributed by atoms with van der Waals surface area (Å²) in [7, 11) is 11.2. The van der Waals surface area contributed by atoms with Crippen molar-refractivity contribution in [2.45, 2.75) is 6.42 Å². The number of nitrogens with one attached hydrogen (secondary N) is 4. The van der Waals surface area contributed by atoms with Crippen LogP contribution in [0.1, 0.15) is 6.42 Å². The lowest BCUT2D eigenvalue weighted by Gasteiger charge is -2.32. The molecule has 0 aliphatic heterocycles. The van der Waals surface area contributed by atoms with Crippen LogP contribution in [0.2, 0.25) is 0 Å². The molecular weight excluding hydrogens is 296 g/mol. The van der Waals surface area contributed by atoms with E-state index in [0.29, 0.717) is 6.54 Å². The Balaban J connectivity index is 4.44. The number of guanidine groups is 4. The molecule has 6 N–H and O–H groups in total. The number of rotatable bonds is 4. The van der Waals surface area contributed by atoms with Crippen molar-refractivity contribution in [3.63, 3.8) is 0 Å². The fourth-order valence-electron chi connectivity index (χ4n) is 2.12. The molecule has 0 aliphatic rings. The Kier molecular flexibility index (Phi) is 9.12. The first kappa shape index (κ1) is 20.5. The molecule has 23 heavy (non-hydrogen) atoms. The number of nitrogens with zero attached hydrogens (tertiary/aromatic N) is 5. The van der Waals surface area contributed by atoms with Crippen LogP contribution in [0.3, 0.4) is 0 Å². The standard InChI is InChI=1S/C13H30N10/c1-17-12(21(3)4)23(6)13(18-2)22(5)9-7-8-19-11(16)20-10(14)15/h7-9H2,1-6H3,(H6,14,15,16,19,20)/b17-12+,18-13+. The normalized spacial score (nSPS) is 11.7. The summed E-state index contributed by atoms with van der Waals surface area (Å²) in [6.45, 7) is 1.34. The number of hydrogen-bond donors (Lipinski definition) is 5. The Hall–Kier alpha value is -2.52. The largest absolute Gasteiger partial charge is 0.370 e. The van der Waals surface area contributed by atoms with Crippen molar-refractivity contribution < 1.29 is 0 Å². The van der Waals surface area contributed by atoms with E-state index < -0.39 is 0 Å². The van der Waals surface area contributed by atoms with Crippen LogP contribution < -0.4 is 16.4 Å². The minimum absolute atomic E-state index is 0.0228. The zero-order chi connectivity index (χ0) is 18.0. The highest BCUT2D eigenvalue weighted by atomic mass is 15.4. The molecule has 0 aliphatic carbocycles. The maximum Gasteiger partial charge on any atom is 0.202 e. The second-order valence-corrected chi connectivity index (χ2v) is 5.12. The van der Waals surface area contributed by atoms with E-state index in [1.807, 2.05) is 42.9 Å². The van der Waals surface area contributed by atoms with Gasteiger partial charge in [-0.1, -0.05) is 0 Å². The summed E-state index contributed by atoms with van der Waals surface area (Å²) in [5.74, 6) is 1.38. The van der Waals surface area contributed by atoms with Crippen molar-refractivity contribution in [3.05, 3.63) is 0 Å². The molecule has 10 heteroatoms. The summed E-state index contributed by atoms with van der Waals surface area (Å²) in [6, 6.07) is 0. The van der Waals surface area contributed by atoms with Gasteiger partial charge in [0, 0.05) is 55.4 Å². The molecule has 0 rings (SSSR count). The maximum atomic E-state index is 7.51. The minimum atomic E-state index is -0.253. The molecule has 0 bridgehead atoms. The van der Waals surface area contributed by atoms with Gasteiger partial charge in [0.1, 0.15) is 0 Å². The maximum absolute atomic E-state index is 7.51. The lowest BCUT2D eigenvalue weighted by molar-refractivity contribution is 0.420. The molecule has 0 unspecified atom stereocenters. The van der Waals surface area contributed by atoms with Crippen molar-refractivity contribution >= 4 is 23.8 Å². The van der Waals surface area contributed by atoms with Crippen molar-refractivity contribution in [1.29, 1.82) is 10.8 Å². The van der Waals surface area contributed by atoms with Gasteiger partial charge < -0.3 is 20.9 Å². The lowest BCUT2D eigenvalue weighted by Crippen LogP contribution is -2.49. The Morgan fingerprint density at radius 1 is 1.04 bits per heavy atom. The number of aliphatic imine (C=N–C) groups is 2. The quantitative estimate of drug-likeness (QED) is 0.250. The van der Waals surface area contributed by atoms with Crippen LogP contribution in [-0.2, 0) is 0 Å². The van der Waals surface area contributed by atoms with E-state index >= 15 is 0 Å². The van der Waals surface area contributed by atoms with Crippen molar-refractivity contribution in [2.24, 2.45) is 15.7 Å². The van der Waals surface area contributed by atoms with Crippen LogP contribution in [0.4, 0.5) is 0 Å². The molecule has 0 aromatic carbocycles. The van der Waals surface area contributed by atoms with Gasteiger partial charge >= 0.3 is 0 Å². The predicted octanol–water partition coefficient (Wildman–Crippen LogP) is -1.22. The monoisotopic (exact) mass is 326 g/mol. The van der Waals surface area contributed by atoms with Crippen LogP contribution in [0.25, 0.3) is 0 Å². The van der Waals surface area contributed by atoms with Crippen LogP contribution in [-0.4, -0.2) is 93.9 Å². The second-order valence-electron chi connectivity index (χ2n) is 5.12. The number of nitrogens with two attached hydrogens (primary N) is 1. The molecule has 132 valence electrons. The third-order valence-corrected chi connectivity index (χ3v) is 2.97. The highest BCUT2D eigenvalue weighted by Crippen LogP contribution is 2.00. The van der Waals surface area contributed by atoms with Gasteiger partial charge in [-0.2, -0.15) is 0 Å². The Morgan fingerprint density at radius 3 is 2.04 bits per heavy atom. The average molecular weight is 326 g/mol. The summed E-state index contributed by atoms with van der Waals surface area (Å²) < 4.78 is 0. The van der Waals surface area contributed by atoms with Gasteiger partial charge in [-0.3, -0.25) is 31.0 Å². The molecule has 0 saturated heterocycles. The zero-order valence-electron chi connectivity index (χ0n) is 14.9. The lowest BCUT2D eigenvalue weighted by atomic mass is 10.4. The van der Waals surface area contributed by atoms with Gasteiger partial charge in [-0.15, -0.1) is 0 Å². The highest BCUT2D eigenvalue weighted by Gasteiger charge is 2.17. The summed E-state index contributed by atoms with van der Waals surface area (Å²) in [5, 5.41) is 19.8. The molecule has 10 nitrogen and oxygen atoms in total. The second kappa shape index (κ2) is 10.2. The predicted molar refractivity (Wildman–Crippen MR) is 96.2 cm³/mol. The van der Waals surface area contributed by atoms with Gasteiger partial charge in [0.2, 0.25) is 11.9 Å². The zero-order valence-corrected chi connectivity index (χ0v) is 14.9. The smallest absolute Gasteiger partial charge is 0.202 e. The number of hydrogen-bond acceptors (Lipinski definition) is 4. The van der Waals surface area contributed by atoms with E-state index in [-0.39, 0.29) is 11.9 Å². The minimum Gasteiger partial charge on any atom is -0.370 e. The van der Waals surface area contributed by atoms with Crippen molar-refractivity contribution in [2.75, 3.05) is 55.4 Å². The van der Waals surface area contributed by atoms with Gasteiger partial charge in [0.05, 0.1) is 0 Å². The molecular formula is C13H30N10. The average Bonchev–Trinajstić information content (AvgIpc) is 2.44. The van der Waals surface area contributed by atoms with E-state index in [9.17, 15) is 0 Å². The SMILES string of the molecule is C/N=C(\N(C)C)N(C)/C(=N/C)N(C)CCCNC(=N)NC(=N)N. The molecule has 0 aromatic heterocycles. The van der Waals surface area contributed by atoms with E-state index in [1.165, 1.54) is 0 Å². The summed E-state index contributed by atoms with van der Waals surface area (Å²) in [6.07, 6.45) is 0.798. The first-order chi connectivity index (χ1) is 10.7. The topological polar surface area (TPSA) is 132 Å². The molecule has 0 atom stereocenters. The van der Waals surface area contributed by atoms with E-state index in [0.717, 1.165) is 24.9 Å². The third kappa shape index (κ3) is 7.34. The molecule has 0 radical (unpaired) electrons. The summed E-state index contributed by atoms with van der Waals surface area (Å²) in [5.41, 5.74) is 5.15. The molecule has 0 spiro atoms. The fraction of sp³-hybridized carbons (Fsp3) is 0.692. The van der Waals surface area contributed by atoms with Crippen LogP contribution >= 0.6 is 0 Å². The molecule has 0 saturated carbocycles. The van der Waals surface area contributed by atoms with Crippen LogP contribution in [0.5, 0.6) is 0 Å². The van der Waals surface area contributed by atoms with Crippen LogP contribution in [0.15, 0.2) is 9.98 Å². The molecule has 0 fully saturated rings. The fourth-order valence-corrected chi connectivity index (χ4v) is 2.12. The van der Waals surface area contributed by atoms with Gasteiger partial charge in [0.15, 0.2) is 11.9 Å². The summed E-state index contributed by atoms with van der Waals surface area (Å²) in [4.78, 5) is 14.5. The Bertz CT molecular complexity index is 454. The first-order valence-corrected chi connectivity index (χ1v) is 7.23. The highest BCUT2D eigenvalue weighted by molar-refractivity contribution is 5.98. The molecule has 0 amide bonds. The van der Waals surface area contributed by atoms with Crippen molar-refractivity contribution in [1.82, 2.24) is 25.3 Å². The van der Waals surface area contributed by atoms with Gasteiger partial charge in [0.25, 0.3) is 0 Å². The van der Waals surface area contributed by atoms with E-state index in [4.69, 9.17) is 16.6 Å². The van der Waals surface area contributed by atoms with Gasteiger partial charge in [-0.05, 0) is 6.42 Å². The van der Waals surface area contributed by atoms with Gasteiger partial charge in [-0.25, -0.2) is 0 Å². The molecule has 0 heterocycles. The van der Waals surface area contributed by atoms with E-state index in [1.54, 1.807) is 14.1 Å². The molecule has 0 aromatic rings. The van der Waals surface area contributed by atoms with Crippen LogP contribution in [0, 0.1) is 10.8 Å². The van der Waals surface area contributed by atoms with E-state index in [2.05, 4.69) is 20.6 Å². The van der Waals surface area contributed by atoms with Crippen molar-refractivity contribution in [3.8, 4) is 0 Å².